The van der Waals surface area contributed by atoms with Crippen molar-refractivity contribution in [2.24, 2.45) is 5.92 Å². The minimum Gasteiger partial charge on any atom is -0.315 e. The fourth-order valence-corrected chi connectivity index (χ4v) is 4.31. The summed E-state index contributed by atoms with van der Waals surface area (Å²) in [6.45, 7) is 7.30. The Labute approximate surface area is 125 Å². The van der Waals surface area contributed by atoms with Crippen LogP contribution in [0.4, 0.5) is 0 Å². The van der Waals surface area contributed by atoms with Gasteiger partial charge in [-0.3, -0.25) is 0 Å². The molecule has 4 nitrogen and oxygen atoms in total. The van der Waals surface area contributed by atoms with E-state index >= 15 is 0 Å². The van der Waals surface area contributed by atoms with Crippen LogP contribution in [0.2, 0.25) is 0 Å². The number of unbranched alkanes of at least 4 members (excludes halogenated alkanes) is 1. The highest BCUT2D eigenvalue weighted by Crippen LogP contribution is 2.26. The third-order valence-corrected chi connectivity index (χ3v) is 5.62. The SMILES string of the molecule is CCC1CCCC(NS(=O)(=O)CCCCNC(C)C)C1. The predicted molar refractivity (Wildman–Crippen MR) is 85.3 cm³/mol. The Bertz CT molecular complexity index is 355. The number of sulfonamides is 1. The highest BCUT2D eigenvalue weighted by atomic mass is 32.2. The molecule has 0 saturated heterocycles. The lowest BCUT2D eigenvalue weighted by molar-refractivity contribution is 0.301. The summed E-state index contributed by atoms with van der Waals surface area (Å²) in [5.74, 6) is 0.965. The number of rotatable bonds is 9. The van der Waals surface area contributed by atoms with Gasteiger partial charge in [0.1, 0.15) is 0 Å². The van der Waals surface area contributed by atoms with Crippen molar-refractivity contribution in [3.8, 4) is 0 Å². The molecule has 0 heterocycles. The van der Waals surface area contributed by atoms with Gasteiger partial charge in [-0.2, -0.15) is 0 Å². The fourth-order valence-electron chi connectivity index (χ4n) is 2.89. The van der Waals surface area contributed by atoms with Gasteiger partial charge >= 0.3 is 0 Å². The van der Waals surface area contributed by atoms with E-state index in [0.29, 0.717) is 12.0 Å². The highest BCUT2D eigenvalue weighted by molar-refractivity contribution is 7.89. The number of hydrogen-bond acceptors (Lipinski definition) is 3. The molecule has 1 saturated carbocycles. The van der Waals surface area contributed by atoms with Gasteiger partial charge in [-0.15, -0.1) is 0 Å². The number of nitrogens with one attached hydrogen (secondary N) is 2. The first-order chi connectivity index (χ1) is 9.43. The first kappa shape index (κ1) is 17.9. The summed E-state index contributed by atoms with van der Waals surface area (Å²) in [4.78, 5) is 0. The monoisotopic (exact) mass is 304 g/mol. The van der Waals surface area contributed by atoms with E-state index < -0.39 is 10.0 Å². The molecule has 0 spiro atoms. The Morgan fingerprint density at radius 2 is 1.95 bits per heavy atom. The lowest BCUT2D eigenvalue weighted by Crippen LogP contribution is -2.39. The average molecular weight is 305 g/mol. The second kappa shape index (κ2) is 9.00. The molecule has 1 aliphatic carbocycles. The van der Waals surface area contributed by atoms with Crippen molar-refractivity contribution in [2.45, 2.75) is 77.8 Å². The lowest BCUT2D eigenvalue weighted by atomic mass is 9.85. The molecule has 0 amide bonds. The topological polar surface area (TPSA) is 58.2 Å². The molecule has 120 valence electrons. The van der Waals surface area contributed by atoms with Gasteiger partial charge in [0, 0.05) is 12.1 Å². The maximum atomic E-state index is 12.1. The largest absolute Gasteiger partial charge is 0.315 e. The van der Waals surface area contributed by atoms with Gasteiger partial charge in [-0.1, -0.05) is 40.0 Å². The minimum atomic E-state index is -3.09. The van der Waals surface area contributed by atoms with E-state index in [9.17, 15) is 8.42 Å². The second-order valence-corrected chi connectivity index (χ2v) is 8.26. The fraction of sp³-hybridized carbons (Fsp3) is 1.00. The van der Waals surface area contributed by atoms with Crippen molar-refractivity contribution in [1.82, 2.24) is 10.0 Å². The van der Waals surface area contributed by atoms with Crippen molar-refractivity contribution in [3.63, 3.8) is 0 Å². The first-order valence-electron chi connectivity index (χ1n) is 8.16. The summed E-state index contributed by atoms with van der Waals surface area (Å²) >= 11 is 0. The molecule has 0 bridgehead atoms. The Kier molecular flexibility index (Phi) is 8.07. The zero-order valence-electron chi connectivity index (χ0n) is 13.3. The van der Waals surface area contributed by atoms with Crippen molar-refractivity contribution >= 4 is 10.0 Å². The van der Waals surface area contributed by atoms with E-state index in [1.807, 2.05) is 0 Å². The van der Waals surface area contributed by atoms with E-state index in [0.717, 1.165) is 38.6 Å². The highest BCUT2D eigenvalue weighted by Gasteiger charge is 2.24. The summed E-state index contributed by atoms with van der Waals surface area (Å²) in [7, 11) is -3.09. The summed E-state index contributed by atoms with van der Waals surface area (Å²) in [6, 6.07) is 0.644. The zero-order valence-corrected chi connectivity index (χ0v) is 14.1. The standard InChI is InChI=1S/C15H32N2O2S/c1-4-14-8-7-9-15(12-14)17-20(18,19)11-6-5-10-16-13(2)3/h13-17H,4-12H2,1-3H3. The molecule has 20 heavy (non-hydrogen) atoms. The summed E-state index contributed by atoms with van der Waals surface area (Å²) in [5, 5.41) is 3.31. The Morgan fingerprint density at radius 1 is 1.20 bits per heavy atom. The van der Waals surface area contributed by atoms with Crippen molar-refractivity contribution in [2.75, 3.05) is 12.3 Å². The molecule has 2 N–H and O–H groups in total. The van der Waals surface area contributed by atoms with E-state index in [4.69, 9.17) is 0 Å². The predicted octanol–water partition coefficient (Wildman–Crippen LogP) is 2.65. The molecule has 0 radical (unpaired) electrons. The third-order valence-electron chi connectivity index (χ3n) is 4.10. The second-order valence-electron chi connectivity index (χ2n) is 6.39. The lowest BCUT2D eigenvalue weighted by Gasteiger charge is -2.28. The van der Waals surface area contributed by atoms with Crippen LogP contribution in [0.3, 0.4) is 0 Å². The molecule has 0 aromatic carbocycles. The maximum absolute atomic E-state index is 12.1. The Balaban J connectivity index is 2.23. The van der Waals surface area contributed by atoms with Crippen molar-refractivity contribution < 1.29 is 8.42 Å². The van der Waals surface area contributed by atoms with E-state index in [1.165, 1.54) is 12.8 Å². The van der Waals surface area contributed by atoms with Gasteiger partial charge in [0.15, 0.2) is 0 Å². The van der Waals surface area contributed by atoms with Crippen molar-refractivity contribution in [3.05, 3.63) is 0 Å². The summed E-state index contributed by atoms with van der Waals surface area (Å²) < 4.78 is 27.0. The van der Waals surface area contributed by atoms with E-state index in [-0.39, 0.29) is 11.8 Å². The molecule has 0 aliphatic heterocycles. The Morgan fingerprint density at radius 3 is 2.60 bits per heavy atom. The molecule has 1 aliphatic rings. The van der Waals surface area contributed by atoms with Crippen LogP contribution in [0.5, 0.6) is 0 Å². The molecular formula is C15H32N2O2S. The van der Waals surface area contributed by atoms with Crippen molar-refractivity contribution in [1.29, 1.82) is 0 Å². The minimum absolute atomic E-state index is 0.174. The summed E-state index contributed by atoms with van der Waals surface area (Å²) in [5.41, 5.74) is 0. The molecule has 5 heteroatoms. The summed E-state index contributed by atoms with van der Waals surface area (Å²) in [6.07, 6.45) is 7.26. The molecular weight excluding hydrogens is 272 g/mol. The van der Waals surface area contributed by atoms with Gasteiger partial charge in [0.25, 0.3) is 0 Å². The number of hydrogen-bond donors (Lipinski definition) is 2. The van der Waals surface area contributed by atoms with E-state index in [1.54, 1.807) is 0 Å². The average Bonchev–Trinajstić information content (AvgIpc) is 2.37. The van der Waals surface area contributed by atoms with Crippen LogP contribution < -0.4 is 10.0 Å². The molecule has 1 rings (SSSR count). The molecule has 2 unspecified atom stereocenters. The molecule has 2 atom stereocenters. The van der Waals surface area contributed by atoms with Crippen LogP contribution in [0.15, 0.2) is 0 Å². The maximum Gasteiger partial charge on any atom is 0.211 e. The van der Waals surface area contributed by atoms with Gasteiger partial charge in [0.05, 0.1) is 5.75 Å². The van der Waals surface area contributed by atoms with Crippen LogP contribution in [-0.2, 0) is 10.0 Å². The van der Waals surface area contributed by atoms with Crippen LogP contribution in [-0.4, -0.2) is 32.8 Å². The van der Waals surface area contributed by atoms with Crippen LogP contribution in [0.1, 0.15) is 65.7 Å². The normalized spacial score (nSPS) is 24.2. The third kappa shape index (κ3) is 7.60. The van der Waals surface area contributed by atoms with Gasteiger partial charge in [-0.05, 0) is 38.1 Å². The van der Waals surface area contributed by atoms with E-state index in [2.05, 4.69) is 30.8 Å². The van der Waals surface area contributed by atoms with Gasteiger partial charge < -0.3 is 5.32 Å². The van der Waals surface area contributed by atoms with Crippen LogP contribution >= 0.6 is 0 Å². The van der Waals surface area contributed by atoms with Crippen LogP contribution in [0.25, 0.3) is 0 Å². The zero-order chi connectivity index (χ0) is 15.0. The van der Waals surface area contributed by atoms with Gasteiger partial charge in [-0.25, -0.2) is 13.1 Å². The quantitative estimate of drug-likeness (QED) is 0.644. The van der Waals surface area contributed by atoms with Crippen LogP contribution in [0, 0.1) is 5.92 Å². The molecule has 1 fully saturated rings. The molecule has 0 aromatic heterocycles. The van der Waals surface area contributed by atoms with Gasteiger partial charge in [0.2, 0.25) is 10.0 Å². The Hall–Kier alpha value is -0.130. The molecule has 0 aromatic rings. The smallest absolute Gasteiger partial charge is 0.211 e. The first-order valence-corrected chi connectivity index (χ1v) is 9.81.